The van der Waals surface area contributed by atoms with Crippen molar-refractivity contribution in [3.63, 3.8) is 0 Å². The average molecular weight is 425 g/mol. The van der Waals surface area contributed by atoms with Crippen LogP contribution in [0.1, 0.15) is 29.9 Å². The summed E-state index contributed by atoms with van der Waals surface area (Å²) in [5.74, 6) is 2.33. The summed E-state index contributed by atoms with van der Waals surface area (Å²) in [7, 11) is 4.64. The van der Waals surface area contributed by atoms with Crippen LogP contribution in [-0.2, 0) is 11.2 Å². The lowest BCUT2D eigenvalue weighted by Gasteiger charge is -2.12. The predicted molar refractivity (Wildman–Crippen MR) is 117 cm³/mol. The third kappa shape index (κ3) is 5.33. The SMILES string of the molecule is COc1cc(-c2noc(CCCC(=O)Nc3ccc(C)c(C)c3)n2)cc(OC)c1OC. The highest BCUT2D eigenvalue weighted by Gasteiger charge is 2.17. The van der Waals surface area contributed by atoms with Crippen molar-refractivity contribution in [2.45, 2.75) is 33.1 Å². The number of nitrogens with one attached hydrogen (secondary N) is 1. The molecular formula is C23H27N3O5. The fourth-order valence-corrected chi connectivity index (χ4v) is 3.13. The van der Waals surface area contributed by atoms with Gasteiger partial charge in [0.25, 0.3) is 0 Å². The van der Waals surface area contributed by atoms with Crippen molar-refractivity contribution in [1.29, 1.82) is 0 Å². The quantitative estimate of drug-likeness (QED) is 0.545. The van der Waals surface area contributed by atoms with Crippen molar-refractivity contribution in [2.75, 3.05) is 26.6 Å². The number of nitrogens with zero attached hydrogens (tertiary/aromatic N) is 2. The molecule has 0 atom stereocenters. The molecule has 0 bridgehead atoms. The zero-order valence-corrected chi connectivity index (χ0v) is 18.4. The second-order valence-electron chi connectivity index (χ2n) is 7.13. The second kappa shape index (κ2) is 9.97. The summed E-state index contributed by atoms with van der Waals surface area (Å²) >= 11 is 0. The molecule has 0 saturated heterocycles. The summed E-state index contributed by atoms with van der Waals surface area (Å²) < 4.78 is 21.4. The van der Waals surface area contributed by atoms with Crippen molar-refractivity contribution in [1.82, 2.24) is 10.1 Å². The van der Waals surface area contributed by atoms with Gasteiger partial charge in [-0.3, -0.25) is 4.79 Å². The topological polar surface area (TPSA) is 95.7 Å². The Morgan fingerprint density at radius 1 is 1.00 bits per heavy atom. The van der Waals surface area contributed by atoms with Crippen molar-refractivity contribution in [3.05, 3.63) is 47.3 Å². The molecule has 0 unspecified atom stereocenters. The molecule has 3 rings (SSSR count). The van der Waals surface area contributed by atoms with Crippen LogP contribution in [0.15, 0.2) is 34.9 Å². The van der Waals surface area contributed by atoms with Gasteiger partial charge >= 0.3 is 0 Å². The summed E-state index contributed by atoms with van der Waals surface area (Å²) in [6, 6.07) is 9.38. The molecule has 0 aliphatic heterocycles. The molecule has 0 saturated carbocycles. The van der Waals surface area contributed by atoms with Crippen LogP contribution >= 0.6 is 0 Å². The van der Waals surface area contributed by atoms with Crippen molar-refractivity contribution < 1.29 is 23.5 Å². The largest absolute Gasteiger partial charge is 0.493 e. The van der Waals surface area contributed by atoms with Gasteiger partial charge in [0.1, 0.15) is 0 Å². The van der Waals surface area contributed by atoms with Crippen molar-refractivity contribution >= 4 is 11.6 Å². The number of aromatic nitrogens is 2. The molecule has 0 spiro atoms. The van der Waals surface area contributed by atoms with E-state index in [2.05, 4.69) is 15.5 Å². The Hall–Kier alpha value is -3.55. The fourth-order valence-electron chi connectivity index (χ4n) is 3.13. The van der Waals surface area contributed by atoms with Crippen LogP contribution in [0, 0.1) is 13.8 Å². The predicted octanol–water partition coefficient (Wildman–Crippen LogP) is 4.34. The molecule has 8 nitrogen and oxygen atoms in total. The molecule has 0 fully saturated rings. The van der Waals surface area contributed by atoms with Crippen LogP contribution in [0.4, 0.5) is 5.69 Å². The van der Waals surface area contributed by atoms with Gasteiger partial charge in [-0.2, -0.15) is 4.98 Å². The first kappa shape index (κ1) is 22.1. The van der Waals surface area contributed by atoms with E-state index in [9.17, 15) is 4.79 Å². The van der Waals surface area contributed by atoms with Crippen LogP contribution < -0.4 is 19.5 Å². The zero-order valence-electron chi connectivity index (χ0n) is 18.4. The van der Waals surface area contributed by atoms with Gasteiger partial charge in [-0.15, -0.1) is 0 Å². The minimum atomic E-state index is -0.0485. The van der Waals surface area contributed by atoms with Crippen molar-refractivity contribution in [3.8, 4) is 28.6 Å². The summed E-state index contributed by atoms with van der Waals surface area (Å²) in [5, 5.41) is 6.96. The molecule has 0 aliphatic rings. The van der Waals surface area contributed by atoms with Gasteiger partial charge in [-0.25, -0.2) is 0 Å². The number of carbonyl (C=O) groups excluding carboxylic acids is 1. The summed E-state index contributed by atoms with van der Waals surface area (Å²) in [6.45, 7) is 4.06. The number of hydrogen-bond acceptors (Lipinski definition) is 7. The zero-order chi connectivity index (χ0) is 22.4. The van der Waals surface area contributed by atoms with Crippen LogP contribution in [0.3, 0.4) is 0 Å². The maximum Gasteiger partial charge on any atom is 0.226 e. The molecule has 1 heterocycles. The summed E-state index contributed by atoms with van der Waals surface area (Å²) in [5.41, 5.74) is 3.81. The van der Waals surface area contributed by atoms with Gasteiger partial charge in [0, 0.05) is 24.1 Å². The highest BCUT2D eigenvalue weighted by molar-refractivity contribution is 5.90. The molecule has 1 N–H and O–H groups in total. The highest BCUT2D eigenvalue weighted by atomic mass is 16.5. The second-order valence-corrected chi connectivity index (χ2v) is 7.13. The molecule has 31 heavy (non-hydrogen) atoms. The van der Waals surface area contributed by atoms with E-state index >= 15 is 0 Å². The van der Waals surface area contributed by atoms with E-state index in [1.165, 1.54) is 5.56 Å². The third-order valence-corrected chi connectivity index (χ3v) is 4.98. The van der Waals surface area contributed by atoms with Gasteiger partial charge in [0.2, 0.25) is 23.4 Å². The van der Waals surface area contributed by atoms with Crippen molar-refractivity contribution in [2.24, 2.45) is 0 Å². The number of ether oxygens (including phenoxy) is 3. The molecular weight excluding hydrogens is 398 g/mol. The van der Waals surface area contributed by atoms with E-state index in [1.54, 1.807) is 33.5 Å². The van der Waals surface area contributed by atoms with Crippen LogP contribution in [0.5, 0.6) is 17.2 Å². The van der Waals surface area contributed by atoms with Gasteiger partial charge in [0.05, 0.1) is 21.3 Å². The maximum absolute atomic E-state index is 12.2. The monoisotopic (exact) mass is 425 g/mol. The first-order valence-electron chi connectivity index (χ1n) is 9.95. The molecule has 3 aromatic rings. The number of carbonyl (C=O) groups is 1. The highest BCUT2D eigenvalue weighted by Crippen LogP contribution is 2.40. The van der Waals surface area contributed by atoms with Gasteiger partial charge in [0.15, 0.2) is 11.5 Å². The van der Waals surface area contributed by atoms with Crippen LogP contribution in [0.2, 0.25) is 0 Å². The van der Waals surface area contributed by atoms with E-state index in [-0.39, 0.29) is 5.91 Å². The number of benzene rings is 2. The molecule has 1 amide bonds. The Morgan fingerprint density at radius 3 is 2.32 bits per heavy atom. The van der Waals surface area contributed by atoms with Gasteiger partial charge in [-0.1, -0.05) is 11.2 Å². The minimum absolute atomic E-state index is 0.0485. The lowest BCUT2D eigenvalue weighted by Crippen LogP contribution is -2.11. The Kier molecular flexibility index (Phi) is 7.12. The number of rotatable bonds is 9. The molecule has 0 aliphatic carbocycles. The fraction of sp³-hybridized carbons (Fsp3) is 0.348. The Labute approximate surface area is 181 Å². The Morgan fingerprint density at radius 2 is 1.71 bits per heavy atom. The van der Waals surface area contributed by atoms with Crippen LogP contribution in [0.25, 0.3) is 11.4 Å². The van der Waals surface area contributed by atoms with Gasteiger partial charge < -0.3 is 24.1 Å². The Balaban J connectivity index is 1.60. The molecule has 1 aromatic heterocycles. The number of hydrogen-bond donors (Lipinski definition) is 1. The summed E-state index contributed by atoms with van der Waals surface area (Å²) in [6.07, 6.45) is 1.44. The smallest absolute Gasteiger partial charge is 0.226 e. The van der Waals surface area contributed by atoms with E-state index < -0.39 is 0 Å². The van der Waals surface area contributed by atoms with E-state index in [0.717, 1.165) is 11.3 Å². The molecule has 0 radical (unpaired) electrons. The first-order valence-corrected chi connectivity index (χ1v) is 9.95. The standard InChI is InChI=1S/C23H27N3O5/c1-14-9-10-17(11-15(14)2)24-20(27)7-6-8-21-25-23(26-31-21)16-12-18(28-3)22(30-5)19(13-16)29-4/h9-13H,6-8H2,1-5H3,(H,24,27). The minimum Gasteiger partial charge on any atom is -0.493 e. The number of aryl methyl sites for hydroxylation is 3. The lowest BCUT2D eigenvalue weighted by atomic mass is 10.1. The lowest BCUT2D eigenvalue weighted by molar-refractivity contribution is -0.116. The third-order valence-electron chi connectivity index (χ3n) is 4.98. The number of methoxy groups -OCH3 is 3. The van der Waals surface area contributed by atoms with E-state index in [0.29, 0.717) is 53.8 Å². The maximum atomic E-state index is 12.2. The number of anilines is 1. The molecule has 164 valence electrons. The normalized spacial score (nSPS) is 10.6. The summed E-state index contributed by atoms with van der Waals surface area (Å²) in [4.78, 5) is 16.6. The van der Waals surface area contributed by atoms with Crippen LogP contribution in [-0.4, -0.2) is 37.4 Å². The van der Waals surface area contributed by atoms with Gasteiger partial charge in [-0.05, 0) is 55.7 Å². The first-order chi connectivity index (χ1) is 14.9. The van der Waals surface area contributed by atoms with E-state index in [4.69, 9.17) is 18.7 Å². The number of amides is 1. The van der Waals surface area contributed by atoms with E-state index in [1.807, 2.05) is 32.0 Å². The molecule has 2 aromatic carbocycles. The average Bonchev–Trinajstić information content (AvgIpc) is 3.24. The Bertz CT molecular complexity index is 1040. The molecule has 8 heteroatoms.